The third-order valence-corrected chi connectivity index (χ3v) is 4.73. The Morgan fingerprint density at radius 3 is 2.74 bits per heavy atom. The zero-order valence-electron chi connectivity index (χ0n) is 14.7. The quantitative estimate of drug-likeness (QED) is 0.892. The molecule has 6 heteroatoms. The normalized spacial score (nSPS) is 21.0. The van der Waals surface area contributed by atoms with Crippen molar-refractivity contribution in [2.45, 2.75) is 25.4 Å². The first-order chi connectivity index (χ1) is 11.0. The van der Waals surface area contributed by atoms with Crippen molar-refractivity contribution in [3.8, 4) is 0 Å². The summed E-state index contributed by atoms with van der Waals surface area (Å²) in [5.41, 5.74) is 1.12. The van der Waals surface area contributed by atoms with E-state index in [1.807, 2.05) is 19.2 Å². The third-order valence-electron chi connectivity index (χ3n) is 4.73. The SMILES string of the molecule is CC[C@@H](c1ccncc1)N(C)C(=O)NC[C@@H]1CN(C)CCN1C. The fraction of sp³-hybridized carbons (Fsp3) is 0.647. The average molecular weight is 319 g/mol. The molecule has 1 aromatic heterocycles. The van der Waals surface area contributed by atoms with Gasteiger partial charge in [-0.25, -0.2) is 4.79 Å². The van der Waals surface area contributed by atoms with Gasteiger partial charge < -0.3 is 15.1 Å². The Kier molecular flexibility index (Phi) is 6.36. The van der Waals surface area contributed by atoms with Crippen LogP contribution < -0.4 is 5.32 Å². The molecule has 2 heterocycles. The molecule has 1 N–H and O–H groups in total. The number of amides is 2. The van der Waals surface area contributed by atoms with Crippen LogP contribution in [-0.2, 0) is 0 Å². The minimum atomic E-state index is -0.0183. The number of nitrogens with one attached hydrogen (secondary N) is 1. The number of piperazine rings is 1. The van der Waals surface area contributed by atoms with Crippen LogP contribution in [0.15, 0.2) is 24.5 Å². The van der Waals surface area contributed by atoms with Gasteiger partial charge in [-0.1, -0.05) is 6.92 Å². The number of likely N-dealkylation sites (N-methyl/N-ethyl adjacent to an activating group) is 2. The summed E-state index contributed by atoms with van der Waals surface area (Å²) in [6, 6.07) is 4.37. The van der Waals surface area contributed by atoms with Gasteiger partial charge >= 0.3 is 6.03 Å². The van der Waals surface area contributed by atoms with Crippen molar-refractivity contribution in [2.75, 3.05) is 47.3 Å². The van der Waals surface area contributed by atoms with E-state index in [2.05, 4.69) is 41.1 Å². The highest BCUT2D eigenvalue weighted by Crippen LogP contribution is 2.22. The highest BCUT2D eigenvalue weighted by Gasteiger charge is 2.24. The Hall–Kier alpha value is -1.66. The summed E-state index contributed by atoms with van der Waals surface area (Å²) in [7, 11) is 6.12. The second kappa shape index (κ2) is 8.26. The van der Waals surface area contributed by atoms with E-state index in [1.54, 1.807) is 17.3 Å². The summed E-state index contributed by atoms with van der Waals surface area (Å²) < 4.78 is 0. The van der Waals surface area contributed by atoms with Crippen molar-refractivity contribution in [3.63, 3.8) is 0 Å². The Balaban J connectivity index is 1.91. The molecule has 2 rings (SSSR count). The lowest BCUT2D eigenvalue weighted by Gasteiger charge is -2.38. The number of carbonyl (C=O) groups is 1. The third kappa shape index (κ3) is 4.65. The first-order valence-corrected chi connectivity index (χ1v) is 8.32. The van der Waals surface area contributed by atoms with E-state index in [4.69, 9.17) is 0 Å². The van der Waals surface area contributed by atoms with Crippen molar-refractivity contribution in [3.05, 3.63) is 30.1 Å². The Morgan fingerprint density at radius 1 is 1.39 bits per heavy atom. The number of rotatable bonds is 5. The van der Waals surface area contributed by atoms with Gasteiger partial charge in [0.1, 0.15) is 0 Å². The van der Waals surface area contributed by atoms with Crippen molar-refractivity contribution < 1.29 is 4.79 Å². The smallest absolute Gasteiger partial charge is 0.317 e. The van der Waals surface area contributed by atoms with Crippen LogP contribution in [-0.4, -0.2) is 79.1 Å². The van der Waals surface area contributed by atoms with Gasteiger partial charge in [-0.05, 0) is 38.2 Å². The molecule has 1 aliphatic rings. The van der Waals surface area contributed by atoms with Crippen molar-refractivity contribution >= 4 is 6.03 Å². The minimum Gasteiger partial charge on any atom is -0.336 e. The number of nitrogens with zero attached hydrogens (tertiary/aromatic N) is 4. The fourth-order valence-electron chi connectivity index (χ4n) is 3.11. The minimum absolute atomic E-state index is 0.0183. The molecule has 2 amide bonds. The molecule has 0 unspecified atom stereocenters. The molecule has 23 heavy (non-hydrogen) atoms. The van der Waals surface area contributed by atoms with Gasteiger partial charge in [0.25, 0.3) is 0 Å². The molecule has 0 aliphatic carbocycles. The van der Waals surface area contributed by atoms with Gasteiger partial charge in [0, 0.05) is 51.7 Å². The summed E-state index contributed by atoms with van der Waals surface area (Å²) in [6.45, 7) is 5.89. The van der Waals surface area contributed by atoms with Crippen LogP contribution >= 0.6 is 0 Å². The zero-order chi connectivity index (χ0) is 16.8. The molecule has 128 valence electrons. The topological polar surface area (TPSA) is 51.7 Å². The Labute approximate surface area is 139 Å². The predicted octanol–water partition coefficient (Wildman–Crippen LogP) is 1.42. The van der Waals surface area contributed by atoms with Gasteiger partial charge in [0.05, 0.1) is 6.04 Å². The van der Waals surface area contributed by atoms with Crippen LogP contribution in [0.25, 0.3) is 0 Å². The first kappa shape index (κ1) is 17.7. The molecule has 6 nitrogen and oxygen atoms in total. The maximum Gasteiger partial charge on any atom is 0.317 e. The lowest BCUT2D eigenvalue weighted by molar-refractivity contribution is 0.112. The van der Waals surface area contributed by atoms with Gasteiger partial charge in [0.15, 0.2) is 0 Å². The molecule has 0 radical (unpaired) electrons. The average Bonchev–Trinajstić information content (AvgIpc) is 2.57. The lowest BCUT2D eigenvalue weighted by Crippen LogP contribution is -2.55. The highest BCUT2D eigenvalue weighted by atomic mass is 16.2. The van der Waals surface area contributed by atoms with Crippen molar-refractivity contribution in [2.24, 2.45) is 0 Å². The number of hydrogen-bond donors (Lipinski definition) is 1. The van der Waals surface area contributed by atoms with E-state index in [9.17, 15) is 4.79 Å². The van der Waals surface area contributed by atoms with Gasteiger partial charge in [0.2, 0.25) is 0 Å². The molecule has 2 atom stereocenters. The number of urea groups is 1. The second-order valence-corrected chi connectivity index (χ2v) is 6.40. The number of pyridine rings is 1. The Morgan fingerprint density at radius 2 is 2.09 bits per heavy atom. The van der Waals surface area contributed by atoms with E-state index in [1.165, 1.54) is 0 Å². The monoisotopic (exact) mass is 319 g/mol. The van der Waals surface area contributed by atoms with Crippen LogP contribution in [0.2, 0.25) is 0 Å². The van der Waals surface area contributed by atoms with Crippen LogP contribution in [0.4, 0.5) is 4.79 Å². The highest BCUT2D eigenvalue weighted by molar-refractivity contribution is 5.74. The Bertz CT molecular complexity index is 495. The molecule has 0 bridgehead atoms. The van der Waals surface area contributed by atoms with E-state index in [-0.39, 0.29) is 12.1 Å². The largest absolute Gasteiger partial charge is 0.336 e. The van der Waals surface area contributed by atoms with E-state index < -0.39 is 0 Å². The fourth-order valence-corrected chi connectivity index (χ4v) is 3.11. The predicted molar refractivity (Wildman–Crippen MR) is 92.3 cm³/mol. The molecule has 1 fully saturated rings. The van der Waals surface area contributed by atoms with Gasteiger partial charge in [-0.3, -0.25) is 9.88 Å². The number of hydrogen-bond acceptors (Lipinski definition) is 4. The second-order valence-electron chi connectivity index (χ2n) is 6.40. The first-order valence-electron chi connectivity index (χ1n) is 8.32. The molecule has 1 aromatic rings. The summed E-state index contributed by atoms with van der Waals surface area (Å²) in [6.07, 6.45) is 4.42. The van der Waals surface area contributed by atoms with E-state index in [0.717, 1.165) is 31.6 Å². The van der Waals surface area contributed by atoms with Gasteiger partial charge in [-0.2, -0.15) is 0 Å². The van der Waals surface area contributed by atoms with Crippen LogP contribution in [0, 0.1) is 0 Å². The van der Waals surface area contributed by atoms with Crippen LogP contribution in [0.1, 0.15) is 24.9 Å². The van der Waals surface area contributed by atoms with E-state index in [0.29, 0.717) is 12.6 Å². The molecule has 0 spiro atoms. The van der Waals surface area contributed by atoms with Crippen molar-refractivity contribution in [1.82, 2.24) is 25.0 Å². The maximum absolute atomic E-state index is 12.5. The molecule has 0 saturated carbocycles. The van der Waals surface area contributed by atoms with Crippen molar-refractivity contribution in [1.29, 1.82) is 0 Å². The zero-order valence-corrected chi connectivity index (χ0v) is 14.7. The summed E-state index contributed by atoms with van der Waals surface area (Å²) >= 11 is 0. The standard InChI is InChI=1S/C17H29N5O/c1-5-16(14-6-8-18-9-7-14)22(4)17(23)19-12-15-13-20(2)10-11-21(15)3/h6-9,15-16H,5,10-13H2,1-4H3,(H,19,23)/t15-,16+/m1/s1. The maximum atomic E-state index is 12.5. The van der Waals surface area contributed by atoms with Gasteiger partial charge in [-0.15, -0.1) is 0 Å². The molecular formula is C17H29N5O. The molecule has 1 aliphatic heterocycles. The summed E-state index contributed by atoms with van der Waals surface area (Å²) in [4.78, 5) is 23.0. The molecule has 0 aromatic carbocycles. The van der Waals surface area contributed by atoms with Crippen LogP contribution in [0.3, 0.4) is 0 Å². The number of aromatic nitrogens is 1. The van der Waals surface area contributed by atoms with E-state index >= 15 is 0 Å². The lowest BCUT2D eigenvalue weighted by atomic mass is 10.1. The summed E-state index contributed by atoms with van der Waals surface area (Å²) in [5.74, 6) is 0. The number of carbonyl (C=O) groups excluding carboxylic acids is 1. The molecular weight excluding hydrogens is 290 g/mol. The van der Waals surface area contributed by atoms with Crippen LogP contribution in [0.5, 0.6) is 0 Å². The molecule has 1 saturated heterocycles. The summed E-state index contributed by atoms with van der Waals surface area (Å²) in [5, 5.41) is 3.09.